The summed E-state index contributed by atoms with van der Waals surface area (Å²) in [5.41, 5.74) is 0.929. The molecule has 104 valence electrons. The van der Waals surface area contributed by atoms with Crippen LogP contribution in [0.1, 0.15) is 35.4 Å². The van der Waals surface area contributed by atoms with E-state index in [1.54, 1.807) is 23.6 Å². The Balaban J connectivity index is 2.23. The van der Waals surface area contributed by atoms with Crippen molar-refractivity contribution in [3.63, 3.8) is 0 Å². The number of aryl methyl sites for hydroxylation is 1. The molecule has 2 heterocycles. The highest BCUT2D eigenvalue weighted by atomic mass is 35.5. The van der Waals surface area contributed by atoms with Crippen LogP contribution in [0.25, 0.3) is 0 Å². The first kappa shape index (κ1) is 13.9. The molecule has 1 amide bonds. The van der Waals surface area contributed by atoms with E-state index in [9.17, 15) is 9.59 Å². The van der Waals surface area contributed by atoms with Crippen molar-refractivity contribution >= 4 is 23.5 Å². The van der Waals surface area contributed by atoms with Crippen LogP contribution >= 0.6 is 11.6 Å². The van der Waals surface area contributed by atoms with Crippen molar-refractivity contribution in [3.05, 3.63) is 16.4 Å². The van der Waals surface area contributed by atoms with Crippen molar-refractivity contribution in [2.45, 2.75) is 32.2 Å². The molecule has 0 bridgehead atoms. The highest BCUT2D eigenvalue weighted by molar-refractivity contribution is 6.34. The molecular weight excluding hydrogens is 270 g/mol. The molecule has 1 unspecified atom stereocenters. The maximum absolute atomic E-state index is 12.4. The zero-order chi connectivity index (χ0) is 14.2. The summed E-state index contributed by atoms with van der Waals surface area (Å²) in [7, 11) is 1.72. The minimum absolute atomic E-state index is 0.0326. The van der Waals surface area contributed by atoms with Gasteiger partial charge in [0.2, 0.25) is 0 Å². The topological polar surface area (TPSA) is 75.4 Å². The van der Waals surface area contributed by atoms with E-state index in [1.165, 1.54) is 0 Å². The van der Waals surface area contributed by atoms with Gasteiger partial charge in [-0.1, -0.05) is 11.6 Å². The molecule has 2 rings (SSSR count). The van der Waals surface area contributed by atoms with Crippen LogP contribution in [0.15, 0.2) is 0 Å². The van der Waals surface area contributed by atoms with Crippen LogP contribution in [0, 0.1) is 6.92 Å². The van der Waals surface area contributed by atoms with Crippen molar-refractivity contribution in [3.8, 4) is 0 Å². The van der Waals surface area contributed by atoms with Gasteiger partial charge in [0.05, 0.1) is 17.1 Å². The second kappa shape index (κ2) is 5.21. The molecule has 0 saturated carbocycles. The molecule has 1 aliphatic heterocycles. The highest BCUT2D eigenvalue weighted by Crippen LogP contribution is 2.26. The quantitative estimate of drug-likeness (QED) is 0.912. The van der Waals surface area contributed by atoms with E-state index in [2.05, 4.69) is 5.10 Å². The number of hydrogen-bond donors (Lipinski definition) is 1. The second-order valence-electron chi connectivity index (χ2n) is 4.76. The smallest absolute Gasteiger partial charge is 0.305 e. The molecule has 1 aromatic heterocycles. The largest absolute Gasteiger partial charge is 0.481 e. The van der Waals surface area contributed by atoms with Crippen molar-refractivity contribution in [1.29, 1.82) is 0 Å². The lowest BCUT2D eigenvalue weighted by atomic mass is 10.1. The van der Waals surface area contributed by atoms with Crippen LogP contribution in [0.4, 0.5) is 0 Å². The number of aromatic nitrogens is 2. The van der Waals surface area contributed by atoms with Gasteiger partial charge in [0.25, 0.3) is 5.91 Å². The van der Waals surface area contributed by atoms with Crippen molar-refractivity contribution in [2.75, 3.05) is 6.54 Å². The lowest BCUT2D eigenvalue weighted by molar-refractivity contribution is -0.137. The van der Waals surface area contributed by atoms with Crippen molar-refractivity contribution in [2.24, 2.45) is 7.05 Å². The number of carboxylic acid groups (broad SMARTS) is 1. The molecule has 0 spiro atoms. The molecule has 7 heteroatoms. The number of nitrogens with zero attached hydrogens (tertiary/aromatic N) is 3. The van der Waals surface area contributed by atoms with Gasteiger partial charge >= 0.3 is 5.97 Å². The average Bonchev–Trinajstić information content (AvgIpc) is 2.88. The Bertz CT molecular complexity index is 527. The first-order valence-corrected chi connectivity index (χ1v) is 6.51. The van der Waals surface area contributed by atoms with E-state index in [0.717, 1.165) is 12.1 Å². The summed E-state index contributed by atoms with van der Waals surface area (Å²) in [5, 5.41) is 13.3. The Labute approximate surface area is 115 Å². The third-order valence-corrected chi connectivity index (χ3v) is 3.96. The van der Waals surface area contributed by atoms with Gasteiger partial charge in [-0.15, -0.1) is 0 Å². The average molecular weight is 286 g/mol. The number of carbonyl (C=O) groups excluding carboxylic acids is 1. The molecule has 0 radical (unpaired) electrons. The van der Waals surface area contributed by atoms with Crippen LogP contribution in [-0.4, -0.2) is 44.3 Å². The third-order valence-electron chi connectivity index (χ3n) is 3.51. The van der Waals surface area contributed by atoms with Crippen LogP contribution in [0.3, 0.4) is 0 Å². The summed E-state index contributed by atoms with van der Waals surface area (Å²) in [5.74, 6) is -1.18. The number of aliphatic carboxylic acids is 1. The summed E-state index contributed by atoms with van der Waals surface area (Å²) < 4.78 is 1.55. The Morgan fingerprint density at radius 1 is 1.53 bits per heavy atom. The number of halogens is 1. The fraction of sp³-hybridized carbons (Fsp3) is 0.583. The van der Waals surface area contributed by atoms with Crippen LogP contribution in [0.5, 0.6) is 0 Å². The monoisotopic (exact) mass is 285 g/mol. The van der Waals surface area contributed by atoms with E-state index >= 15 is 0 Å². The summed E-state index contributed by atoms with van der Waals surface area (Å²) in [4.78, 5) is 24.8. The molecule has 19 heavy (non-hydrogen) atoms. The standard InChI is InChI=1S/C12H16ClN3O3/c1-7-10(13)11(14-15(7)2)12(19)16-5-3-4-8(16)6-9(17)18/h8H,3-6H2,1-2H3,(H,17,18). The lowest BCUT2D eigenvalue weighted by Crippen LogP contribution is -2.37. The van der Waals surface area contributed by atoms with Gasteiger partial charge in [-0.2, -0.15) is 5.10 Å². The molecule has 1 atom stereocenters. The minimum atomic E-state index is -0.895. The molecule has 1 fully saturated rings. The highest BCUT2D eigenvalue weighted by Gasteiger charge is 2.33. The maximum atomic E-state index is 12.4. The normalized spacial score (nSPS) is 18.9. The second-order valence-corrected chi connectivity index (χ2v) is 5.14. The number of carboxylic acids is 1. The van der Waals surface area contributed by atoms with Gasteiger partial charge in [-0.25, -0.2) is 0 Å². The molecule has 1 saturated heterocycles. The zero-order valence-electron chi connectivity index (χ0n) is 10.9. The number of likely N-dealkylation sites (tertiary alicyclic amines) is 1. The summed E-state index contributed by atoms with van der Waals surface area (Å²) >= 11 is 6.09. The Morgan fingerprint density at radius 3 is 2.74 bits per heavy atom. The molecular formula is C12H16ClN3O3. The molecule has 1 aliphatic rings. The van der Waals surface area contributed by atoms with Crippen LogP contribution in [-0.2, 0) is 11.8 Å². The van der Waals surface area contributed by atoms with Gasteiger partial charge in [0.15, 0.2) is 5.69 Å². The van der Waals surface area contributed by atoms with Crippen molar-refractivity contribution < 1.29 is 14.7 Å². The first-order chi connectivity index (χ1) is 8.91. The Hall–Kier alpha value is -1.56. The molecule has 1 aromatic rings. The van der Waals surface area contributed by atoms with Crippen LogP contribution < -0.4 is 0 Å². The van der Waals surface area contributed by atoms with Crippen molar-refractivity contribution in [1.82, 2.24) is 14.7 Å². The predicted octanol–water partition coefficient (Wildman–Crippen LogP) is 1.46. The Kier molecular flexibility index (Phi) is 3.80. The number of hydrogen-bond acceptors (Lipinski definition) is 3. The Morgan fingerprint density at radius 2 is 2.21 bits per heavy atom. The van der Waals surface area contributed by atoms with E-state index in [1.807, 2.05) is 0 Å². The van der Waals surface area contributed by atoms with Gasteiger partial charge in [0.1, 0.15) is 0 Å². The number of amides is 1. The lowest BCUT2D eigenvalue weighted by Gasteiger charge is -2.22. The molecule has 0 aromatic carbocycles. The first-order valence-electron chi connectivity index (χ1n) is 6.13. The third kappa shape index (κ3) is 2.58. The summed E-state index contributed by atoms with van der Waals surface area (Å²) in [6, 6.07) is -0.261. The van der Waals surface area contributed by atoms with Gasteiger partial charge < -0.3 is 10.0 Å². The predicted molar refractivity (Wildman–Crippen MR) is 69.3 cm³/mol. The van der Waals surface area contributed by atoms with E-state index in [0.29, 0.717) is 18.0 Å². The summed E-state index contributed by atoms with van der Waals surface area (Å²) in [6.07, 6.45) is 1.49. The van der Waals surface area contributed by atoms with Gasteiger partial charge in [-0.3, -0.25) is 14.3 Å². The van der Waals surface area contributed by atoms with E-state index < -0.39 is 5.97 Å². The van der Waals surface area contributed by atoms with Gasteiger partial charge in [0, 0.05) is 19.6 Å². The number of carbonyl (C=O) groups is 2. The van der Waals surface area contributed by atoms with E-state index in [4.69, 9.17) is 16.7 Å². The minimum Gasteiger partial charge on any atom is -0.481 e. The van der Waals surface area contributed by atoms with Gasteiger partial charge in [-0.05, 0) is 19.8 Å². The van der Waals surface area contributed by atoms with Crippen LogP contribution in [0.2, 0.25) is 5.02 Å². The molecule has 0 aliphatic carbocycles. The molecule has 6 nitrogen and oxygen atoms in total. The maximum Gasteiger partial charge on any atom is 0.305 e. The fourth-order valence-electron chi connectivity index (χ4n) is 2.37. The zero-order valence-corrected chi connectivity index (χ0v) is 11.6. The molecule has 1 N–H and O–H groups in total. The SMILES string of the molecule is Cc1c(Cl)c(C(=O)N2CCCC2CC(=O)O)nn1C. The fourth-order valence-corrected chi connectivity index (χ4v) is 2.61. The summed E-state index contributed by atoms with van der Waals surface area (Å²) in [6.45, 7) is 2.34. The van der Waals surface area contributed by atoms with E-state index in [-0.39, 0.29) is 24.1 Å². The number of rotatable bonds is 3.